The van der Waals surface area contributed by atoms with E-state index in [9.17, 15) is 26.3 Å². The number of nitrogens with zero attached hydrogens (tertiary/aromatic N) is 2. The molecule has 1 N–H and O–H groups in total. The van der Waals surface area contributed by atoms with Gasteiger partial charge in [-0.1, -0.05) is 0 Å². The van der Waals surface area contributed by atoms with Gasteiger partial charge < -0.3 is 10.1 Å². The highest BCUT2D eigenvalue weighted by molar-refractivity contribution is 5.38. The molecule has 0 atom stereocenters. The summed E-state index contributed by atoms with van der Waals surface area (Å²) in [5, 5.41) is 2.65. The molecule has 20 heavy (non-hydrogen) atoms. The summed E-state index contributed by atoms with van der Waals surface area (Å²) in [6.45, 7) is 3.40. The van der Waals surface area contributed by atoms with Gasteiger partial charge in [0.15, 0.2) is 0 Å². The lowest BCUT2D eigenvalue weighted by Gasteiger charge is -2.23. The summed E-state index contributed by atoms with van der Waals surface area (Å²) in [6, 6.07) is 0.876. The number of nitrogens with one attached hydrogen (secondary N) is 1. The Kier molecular flexibility index (Phi) is 4.66. The normalized spacial score (nSPS) is 12.7. The standard InChI is InChI=1S/C10H11F6N3O/c1-3-17-6-4-7(19-5(2)18-6)20-8(9(11,12)13)10(14,15)16/h4,8H,3H2,1-2H3,(H,17,18,19). The van der Waals surface area contributed by atoms with Crippen molar-refractivity contribution in [1.29, 1.82) is 0 Å². The number of hydrogen-bond donors (Lipinski definition) is 1. The van der Waals surface area contributed by atoms with Crippen LogP contribution in [0.5, 0.6) is 5.88 Å². The van der Waals surface area contributed by atoms with Crippen LogP contribution in [-0.4, -0.2) is 35.0 Å². The first-order valence-corrected chi connectivity index (χ1v) is 5.43. The third-order valence-electron chi connectivity index (χ3n) is 2.01. The Balaban J connectivity index is 3.05. The van der Waals surface area contributed by atoms with Gasteiger partial charge in [-0.15, -0.1) is 0 Å². The van der Waals surface area contributed by atoms with E-state index in [0.29, 0.717) is 6.54 Å². The Morgan fingerprint density at radius 3 is 2.15 bits per heavy atom. The van der Waals surface area contributed by atoms with Crippen LogP contribution in [0.4, 0.5) is 32.2 Å². The molecule has 1 aromatic heterocycles. The molecule has 1 aromatic rings. The van der Waals surface area contributed by atoms with Gasteiger partial charge in [0.1, 0.15) is 11.6 Å². The number of anilines is 1. The monoisotopic (exact) mass is 303 g/mol. The molecule has 0 aliphatic carbocycles. The summed E-state index contributed by atoms with van der Waals surface area (Å²) < 4.78 is 78.1. The molecule has 0 fully saturated rings. The van der Waals surface area contributed by atoms with E-state index in [1.54, 1.807) is 6.92 Å². The van der Waals surface area contributed by atoms with Gasteiger partial charge in [-0.25, -0.2) is 4.98 Å². The summed E-state index contributed by atoms with van der Waals surface area (Å²) in [5.41, 5.74) is 0. The maximum atomic E-state index is 12.3. The van der Waals surface area contributed by atoms with E-state index in [0.717, 1.165) is 6.07 Å². The van der Waals surface area contributed by atoms with E-state index < -0.39 is 24.3 Å². The zero-order valence-electron chi connectivity index (χ0n) is 10.4. The molecule has 1 rings (SSSR count). The molecular weight excluding hydrogens is 292 g/mol. The molecule has 0 aliphatic rings. The average molecular weight is 303 g/mol. The van der Waals surface area contributed by atoms with E-state index in [4.69, 9.17) is 0 Å². The van der Waals surface area contributed by atoms with Gasteiger partial charge in [0.25, 0.3) is 6.10 Å². The van der Waals surface area contributed by atoms with Crippen LogP contribution in [0.25, 0.3) is 0 Å². The van der Waals surface area contributed by atoms with Crippen molar-refractivity contribution in [2.24, 2.45) is 0 Å². The summed E-state index contributed by atoms with van der Waals surface area (Å²) >= 11 is 0. The van der Waals surface area contributed by atoms with E-state index in [1.807, 2.05) is 0 Å². The van der Waals surface area contributed by atoms with Crippen molar-refractivity contribution in [3.8, 4) is 5.88 Å². The lowest BCUT2D eigenvalue weighted by atomic mass is 10.3. The molecule has 0 bridgehead atoms. The molecule has 114 valence electrons. The molecule has 0 radical (unpaired) electrons. The average Bonchev–Trinajstić information content (AvgIpc) is 2.22. The zero-order chi connectivity index (χ0) is 15.6. The highest BCUT2D eigenvalue weighted by Crippen LogP contribution is 2.36. The summed E-state index contributed by atoms with van der Waals surface area (Å²) in [4.78, 5) is 7.20. The molecule has 0 aromatic carbocycles. The Morgan fingerprint density at radius 2 is 1.70 bits per heavy atom. The first-order valence-electron chi connectivity index (χ1n) is 5.43. The van der Waals surface area contributed by atoms with Crippen molar-refractivity contribution in [3.63, 3.8) is 0 Å². The molecule has 0 amide bonds. The number of aryl methyl sites for hydroxylation is 1. The van der Waals surface area contributed by atoms with Crippen LogP contribution in [-0.2, 0) is 0 Å². The van der Waals surface area contributed by atoms with E-state index >= 15 is 0 Å². The first-order chi connectivity index (χ1) is 9.04. The highest BCUT2D eigenvalue weighted by Gasteiger charge is 2.59. The summed E-state index contributed by atoms with van der Waals surface area (Å²) in [5.74, 6) is -0.729. The number of aromatic nitrogens is 2. The van der Waals surface area contributed by atoms with E-state index in [-0.39, 0.29) is 11.6 Å². The van der Waals surface area contributed by atoms with Crippen molar-refractivity contribution < 1.29 is 31.1 Å². The molecule has 0 aliphatic heterocycles. The molecule has 0 saturated carbocycles. The third-order valence-corrected chi connectivity index (χ3v) is 2.01. The van der Waals surface area contributed by atoms with E-state index in [2.05, 4.69) is 20.0 Å². The van der Waals surface area contributed by atoms with Crippen LogP contribution < -0.4 is 10.1 Å². The lowest BCUT2D eigenvalue weighted by molar-refractivity contribution is -0.300. The van der Waals surface area contributed by atoms with Crippen LogP contribution in [0.2, 0.25) is 0 Å². The van der Waals surface area contributed by atoms with Crippen LogP contribution >= 0.6 is 0 Å². The van der Waals surface area contributed by atoms with Gasteiger partial charge in [-0.05, 0) is 13.8 Å². The highest BCUT2D eigenvalue weighted by atomic mass is 19.4. The second-order valence-electron chi connectivity index (χ2n) is 3.75. The maximum absolute atomic E-state index is 12.3. The largest absolute Gasteiger partial charge is 0.455 e. The molecule has 1 heterocycles. The first kappa shape index (κ1) is 16.3. The SMILES string of the molecule is CCNc1cc(OC(C(F)(F)F)C(F)(F)F)nc(C)n1. The predicted octanol–water partition coefficient (Wildman–Crippen LogP) is 3.09. The van der Waals surface area contributed by atoms with Crippen LogP contribution in [0.3, 0.4) is 0 Å². The number of alkyl halides is 6. The van der Waals surface area contributed by atoms with Crippen molar-refractivity contribution >= 4 is 5.82 Å². The molecule has 0 unspecified atom stereocenters. The number of rotatable bonds is 4. The van der Waals surface area contributed by atoms with Crippen LogP contribution in [0, 0.1) is 6.92 Å². The van der Waals surface area contributed by atoms with Gasteiger partial charge in [0.2, 0.25) is 5.88 Å². The maximum Gasteiger partial charge on any atom is 0.434 e. The minimum absolute atomic E-state index is 0.0125. The van der Waals surface area contributed by atoms with Gasteiger partial charge in [-0.3, -0.25) is 0 Å². The molecule has 4 nitrogen and oxygen atoms in total. The fourth-order valence-corrected chi connectivity index (χ4v) is 1.31. The quantitative estimate of drug-likeness (QED) is 0.868. The van der Waals surface area contributed by atoms with Crippen molar-refractivity contribution in [1.82, 2.24) is 9.97 Å². The molecule has 0 spiro atoms. The minimum atomic E-state index is -5.59. The Hall–Kier alpha value is -1.74. The van der Waals surface area contributed by atoms with Crippen molar-refractivity contribution in [3.05, 3.63) is 11.9 Å². The fourth-order valence-electron chi connectivity index (χ4n) is 1.31. The van der Waals surface area contributed by atoms with Gasteiger partial charge in [0.05, 0.1) is 0 Å². The lowest BCUT2D eigenvalue weighted by Crippen LogP contribution is -2.46. The third kappa shape index (κ3) is 4.42. The number of halogens is 6. The second kappa shape index (κ2) is 5.71. The van der Waals surface area contributed by atoms with E-state index in [1.165, 1.54) is 6.92 Å². The smallest absolute Gasteiger partial charge is 0.434 e. The van der Waals surface area contributed by atoms with Crippen LogP contribution in [0.1, 0.15) is 12.7 Å². The Bertz CT molecular complexity index is 445. The molecule has 10 heteroatoms. The van der Waals surface area contributed by atoms with Crippen molar-refractivity contribution in [2.75, 3.05) is 11.9 Å². The topological polar surface area (TPSA) is 47.0 Å². The minimum Gasteiger partial charge on any atom is -0.455 e. The zero-order valence-corrected chi connectivity index (χ0v) is 10.4. The fraction of sp³-hybridized carbons (Fsp3) is 0.600. The van der Waals surface area contributed by atoms with Gasteiger partial charge in [-0.2, -0.15) is 31.3 Å². The molecule has 0 saturated heterocycles. The Morgan fingerprint density at radius 1 is 1.15 bits per heavy atom. The number of ether oxygens (including phenoxy) is 1. The van der Waals surface area contributed by atoms with Gasteiger partial charge >= 0.3 is 12.4 Å². The molecular formula is C10H11F6N3O. The van der Waals surface area contributed by atoms with Crippen LogP contribution in [0.15, 0.2) is 6.07 Å². The number of hydrogen-bond acceptors (Lipinski definition) is 4. The predicted molar refractivity (Wildman–Crippen MR) is 57.5 cm³/mol. The summed E-state index contributed by atoms with van der Waals surface area (Å²) in [7, 11) is 0. The summed E-state index contributed by atoms with van der Waals surface area (Å²) in [6.07, 6.45) is -15.1. The second-order valence-corrected chi connectivity index (χ2v) is 3.75. The van der Waals surface area contributed by atoms with Crippen molar-refractivity contribution in [2.45, 2.75) is 32.3 Å². The van der Waals surface area contributed by atoms with Gasteiger partial charge in [0, 0.05) is 12.6 Å². The Labute approximate surface area is 110 Å².